The molecule has 5 heteroatoms. The molecule has 3 rings (SSSR count). The molecule has 1 aliphatic rings. The highest BCUT2D eigenvalue weighted by atomic mass is 16.2. The van der Waals surface area contributed by atoms with Gasteiger partial charge < -0.3 is 10.6 Å². The first-order valence-corrected chi connectivity index (χ1v) is 8.34. The van der Waals surface area contributed by atoms with Crippen molar-refractivity contribution in [1.29, 1.82) is 0 Å². The molecule has 1 aromatic heterocycles. The minimum absolute atomic E-state index is 0.0528. The van der Waals surface area contributed by atoms with Crippen molar-refractivity contribution in [2.24, 2.45) is 5.73 Å². The van der Waals surface area contributed by atoms with E-state index in [1.165, 1.54) is 0 Å². The molecule has 0 saturated carbocycles. The van der Waals surface area contributed by atoms with Crippen molar-refractivity contribution < 1.29 is 9.59 Å². The van der Waals surface area contributed by atoms with Gasteiger partial charge in [-0.3, -0.25) is 14.6 Å². The second kappa shape index (κ2) is 7.30. The molecule has 2 N–H and O–H groups in total. The van der Waals surface area contributed by atoms with Gasteiger partial charge in [0.2, 0.25) is 11.8 Å². The van der Waals surface area contributed by atoms with Crippen molar-refractivity contribution >= 4 is 17.9 Å². The van der Waals surface area contributed by atoms with Gasteiger partial charge in [0.1, 0.15) is 0 Å². The lowest BCUT2D eigenvalue weighted by atomic mass is 9.72. The lowest BCUT2D eigenvalue weighted by Gasteiger charge is -2.39. The number of carbonyl (C=O) groups excluding carboxylic acids is 2. The van der Waals surface area contributed by atoms with E-state index in [9.17, 15) is 9.59 Å². The van der Waals surface area contributed by atoms with Gasteiger partial charge in [-0.15, -0.1) is 0 Å². The fourth-order valence-electron chi connectivity index (χ4n) is 3.29. The Balaban J connectivity index is 1.69. The van der Waals surface area contributed by atoms with E-state index in [1.807, 2.05) is 42.5 Å². The second-order valence-electron chi connectivity index (χ2n) is 6.25. The van der Waals surface area contributed by atoms with E-state index in [4.69, 9.17) is 5.73 Å². The van der Waals surface area contributed by atoms with E-state index in [0.717, 1.165) is 11.1 Å². The third-order valence-electron chi connectivity index (χ3n) is 4.85. The third-order valence-corrected chi connectivity index (χ3v) is 4.85. The number of piperidine rings is 1. The molecule has 2 aromatic rings. The summed E-state index contributed by atoms with van der Waals surface area (Å²) >= 11 is 0. The molecule has 0 aliphatic carbocycles. The number of likely N-dealkylation sites (tertiary alicyclic amines) is 1. The summed E-state index contributed by atoms with van der Waals surface area (Å²) in [5, 5.41) is 0. The fraction of sp³-hybridized carbons (Fsp3) is 0.250. The van der Waals surface area contributed by atoms with E-state index in [0.29, 0.717) is 25.9 Å². The molecular weight excluding hydrogens is 314 g/mol. The molecule has 1 aliphatic heterocycles. The minimum atomic E-state index is -0.688. The second-order valence-corrected chi connectivity index (χ2v) is 6.25. The van der Waals surface area contributed by atoms with Gasteiger partial charge in [-0.25, -0.2) is 0 Å². The summed E-state index contributed by atoms with van der Waals surface area (Å²) in [7, 11) is 0. The molecule has 5 nitrogen and oxygen atoms in total. The van der Waals surface area contributed by atoms with Crippen LogP contribution in [0, 0.1) is 0 Å². The number of aromatic nitrogens is 1. The third kappa shape index (κ3) is 3.60. The molecule has 0 radical (unpaired) electrons. The number of carbonyl (C=O) groups is 2. The molecule has 1 saturated heterocycles. The van der Waals surface area contributed by atoms with Crippen LogP contribution in [0.25, 0.3) is 6.08 Å². The molecule has 1 fully saturated rings. The largest absolute Gasteiger partial charge is 0.369 e. The summed E-state index contributed by atoms with van der Waals surface area (Å²) in [6, 6.07) is 13.3. The predicted molar refractivity (Wildman–Crippen MR) is 96.4 cm³/mol. The maximum atomic E-state index is 12.4. The number of nitrogens with zero attached hydrogens (tertiary/aromatic N) is 2. The number of benzene rings is 1. The topological polar surface area (TPSA) is 76.3 Å². The van der Waals surface area contributed by atoms with Gasteiger partial charge in [-0.05, 0) is 42.2 Å². The molecule has 2 amide bonds. The Kier molecular flexibility index (Phi) is 4.93. The quantitative estimate of drug-likeness (QED) is 0.870. The standard InChI is InChI=1S/C20H21N3O2/c21-19(25)20(17-4-2-1-3-5-17)10-14-23(15-11-20)18(24)7-6-16-8-12-22-13-9-16/h1-9,12-13H,10-11,14-15H2,(H2,21,25). The molecule has 2 heterocycles. The lowest BCUT2D eigenvalue weighted by Crippen LogP contribution is -2.51. The summed E-state index contributed by atoms with van der Waals surface area (Å²) in [4.78, 5) is 30.3. The number of hydrogen-bond donors (Lipinski definition) is 1. The first-order chi connectivity index (χ1) is 12.1. The van der Waals surface area contributed by atoms with Crippen LogP contribution >= 0.6 is 0 Å². The number of hydrogen-bond acceptors (Lipinski definition) is 3. The molecule has 25 heavy (non-hydrogen) atoms. The van der Waals surface area contributed by atoms with Crippen LogP contribution in [-0.4, -0.2) is 34.8 Å². The fourth-order valence-corrected chi connectivity index (χ4v) is 3.29. The molecule has 1 aromatic carbocycles. The zero-order chi connectivity index (χ0) is 17.7. The Morgan fingerprint density at radius 1 is 1.04 bits per heavy atom. The predicted octanol–water partition coefficient (Wildman–Crippen LogP) is 2.14. The molecule has 128 valence electrons. The van der Waals surface area contributed by atoms with Crippen LogP contribution in [-0.2, 0) is 15.0 Å². The summed E-state index contributed by atoms with van der Waals surface area (Å²) in [6.07, 6.45) is 7.80. The normalized spacial score (nSPS) is 16.7. The maximum Gasteiger partial charge on any atom is 0.246 e. The van der Waals surface area contributed by atoms with Crippen LogP contribution in [0.4, 0.5) is 0 Å². The van der Waals surface area contributed by atoms with Gasteiger partial charge in [-0.1, -0.05) is 30.3 Å². The van der Waals surface area contributed by atoms with Gasteiger partial charge in [0.15, 0.2) is 0 Å². The van der Waals surface area contributed by atoms with Crippen LogP contribution < -0.4 is 5.73 Å². The van der Waals surface area contributed by atoms with E-state index in [1.54, 1.807) is 29.4 Å². The van der Waals surface area contributed by atoms with Gasteiger partial charge in [0, 0.05) is 31.6 Å². The van der Waals surface area contributed by atoms with E-state index in [-0.39, 0.29) is 11.8 Å². The van der Waals surface area contributed by atoms with Crippen molar-refractivity contribution in [3.8, 4) is 0 Å². The van der Waals surface area contributed by atoms with Crippen LogP contribution in [0.5, 0.6) is 0 Å². The summed E-state index contributed by atoms with van der Waals surface area (Å²) in [6.45, 7) is 1.02. The van der Waals surface area contributed by atoms with Gasteiger partial charge in [0.05, 0.1) is 5.41 Å². The number of rotatable bonds is 4. The number of nitrogens with two attached hydrogens (primary N) is 1. The first kappa shape index (κ1) is 16.9. The molecular formula is C20H21N3O2. The number of pyridine rings is 1. The summed E-state index contributed by atoms with van der Waals surface area (Å²) in [5.41, 5.74) is 6.90. The Labute approximate surface area is 147 Å². The molecule has 0 bridgehead atoms. The van der Waals surface area contributed by atoms with Crippen molar-refractivity contribution in [3.63, 3.8) is 0 Å². The summed E-state index contributed by atoms with van der Waals surface area (Å²) in [5.74, 6) is -0.374. The highest BCUT2D eigenvalue weighted by Gasteiger charge is 2.41. The van der Waals surface area contributed by atoms with Crippen molar-refractivity contribution in [1.82, 2.24) is 9.88 Å². The van der Waals surface area contributed by atoms with Crippen molar-refractivity contribution in [2.75, 3.05) is 13.1 Å². The van der Waals surface area contributed by atoms with E-state index < -0.39 is 5.41 Å². The van der Waals surface area contributed by atoms with Gasteiger partial charge >= 0.3 is 0 Å². The zero-order valence-electron chi connectivity index (χ0n) is 14.0. The average molecular weight is 335 g/mol. The zero-order valence-corrected chi connectivity index (χ0v) is 14.0. The van der Waals surface area contributed by atoms with Crippen LogP contribution in [0.1, 0.15) is 24.0 Å². The van der Waals surface area contributed by atoms with Crippen molar-refractivity contribution in [3.05, 3.63) is 72.1 Å². The Hall–Kier alpha value is -2.95. The van der Waals surface area contributed by atoms with E-state index in [2.05, 4.69) is 4.98 Å². The number of amides is 2. The molecule has 0 unspecified atom stereocenters. The summed E-state index contributed by atoms with van der Waals surface area (Å²) < 4.78 is 0. The van der Waals surface area contributed by atoms with Gasteiger partial charge in [-0.2, -0.15) is 0 Å². The van der Waals surface area contributed by atoms with Crippen LogP contribution in [0.3, 0.4) is 0 Å². The average Bonchev–Trinajstić information content (AvgIpc) is 2.67. The highest BCUT2D eigenvalue weighted by molar-refractivity contribution is 5.92. The smallest absolute Gasteiger partial charge is 0.246 e. The Morgan fingerprint density at radius 2 is 1.68 bits per heavy atom. The molecule has 0 spiro atoms. The first-order valence-electron chi connectivity index (χ1n) is 8.34. The molecule has 0 atom stereocenters. The monoisotopic (exact) mass is 335 g/mol. The van der Waals surface area contributed by atoms with Crippen LogP contribution in [0.2, 0.25) is 0 Å². The SMILES string of the molecule is NC(=O)C1(c2ccccc2)CCN(C(=O)C=Cc2ccncc2)CC1. The van der Waals surface area contributed by atoms with Crippen molar-refractivity contribution in [2.45, 2.75) is 18.3 Å². The van der Waals surface area contributed by atoms with E-state index >= 15 is 0 Å². The Bertz CT molecular complexity index is 764. The Morgan fingerprint density at radius 3 is 2.28 bits per heavy atom. The highest BCUT2D eigenvalue weighted by Crippen LogP contribution is 2.35. The van der Waals surface area contributed by atoms with Crippen LogP contribution in [0.15, 0.2) is 60.9 Å². The maximum absolute atomic E-state index is 12.4. The number of primary amides is 1. The minimum Gasteiger partial charge on any atom is -0.369 e. The lowest BCUT2D eigenvalue weighted by molar-refractivity contribution is -0.132. The van der Waals surface area contributed by atoms with Gasteiger partial charge in [0.25, 0.3) is 0 Å².